The highest BCUT2D eigenvalue weighted by molar-refractivity contribution is 5.21. The minimum absolute atomic E-state index is 0.246. The maximum absolute atomic E-state index is 11.6. The lowest BCUT2D eigenvalue weighted by Crippen LogP contribution is -2.41. The Morgan fingerprint density at radius 2 is 1.79 bits per heavy atom. The van der Waals surface area contributed by atoms with Crippen molar-refractivity contribution in [3.05, 3.63) is 21.3 Å². The van der Waals surface area contributed by atoms with Crippen LogP contribution in [0.4, 0.5) is 0 Å². The molecule has 0 atom stereocenters. The van der Waals surface area contributed by atoms with E-state index in [4.69, 9.17) is 4.42 Å². The number of rotatable bonds is 0. The zero-order valence-electron chi connectivity index (χ0n) is 9.42. The van der Waals surface area contributed by atoms with Crippen molar-refractivity contribution in [3.8, 4) is 0 Å². The lowest BCUT2D eigenvalue weighted by atomic mass is 10.1. The number of oxazole rings is 1. The average Bonchev–Trinajstić information content (AvgIpc) is 2.40. The molecule has 0 aliphatic carbocycles. The molecule has 78 valence electrons. The fourth-order valence-corrected chi connectivity index (χ4v) is 1.51. The predicted octanol–water partition coefficient (Wildman–Crippen LogP) is 0.797. The molecule has 0 unspecified atom stereocenters. The molecule has 3 heteroatoms. The van der Waals surface area contributed by atoms with Gasteiger partial charge in [0.2, 0.25) is 0 Å². The first-order valence-corrected chi connectivity index (χ1v) is 4.77. The lowest BCUT2D eigenvalue weighted by molar-refractivity contribution is 0.345. The van der Waals surface area contributed by atoms with Gasteiger partial charge in [-0.1, -0.05) is 6.08 Å². The fourth-order valence-electron chi connectivity index (χ4n) is 1.51. The van der Waals surface area contributed by atoms with Gasteiger partial charge in [0.05, 0.1) is 5.35 Å². The van der Waals surface area contributed by atoms with Gasteiger partial charge in [-0.05, 0) is 40.7 Å². The third kappa shape index (κ3) is 1.67. The van der Waals surface area contributed by atoms with Crippen LogP contribution in [0, 0.1) is 0 Å². The summed E-state index contributed by atoms with van der Waals surface area (Å²) in [6.45, 7) is 9.71. The molecule has 0 bridgehead atoms. The average molecular weight is 195 g/mol. The molecule has 0 spiro atoms. The van der Waals surface area contributed by atoms with E-state index in [1.165, 1.54) is 0 Å². The second-order valence-corrected chi connectivity index (χ2v) is 4.20. The molecule has 0 radical (unpaired) electrons. The standard InChI is InChI=1S/C11H17NO2/c1-6-8-9(7-2)14-10(13)12(8)11(3,4)5/h6-7H,1-5H3/b8-6-,9-7-. The number of hydrogen-bond donors (Lipinski definition) is 0. The second kappa shape index (κ2) is 3.48. The summed E-state index contributed by atoms with van der Waals surface area (Å²) in [6, 6.07) is 0. The zero-order chi connectivity index (χ0) is 10.9. The van der Waals surface area contributed by atoms with Crippen LogP contribution in [0.1, 0.15) is 34.6 Å². The Hall–Kier alpha value is -1.25. The van der Waals surface area contributed by atoms with E-state index >= 15 is 0 Å². The van der Waals surface area contributed by atoms with Gasteiger partial charge in [-0.15, -0.1) is 0 Å². The topological polar surface area (TPSA) is 35.1 Å². The van der Waals surface area contributed by atoms with Gasteiger partial charge in [-0.25, -0.2) is 4.79 Å². The summed E-state index contributed by atoms with van der Waals surface area (Å²) in [7, 11) is 0. The normalized spacial score (nSPS) is 15.2. The van der Waals surface area contributed by atoms with Crippen LogP contribution in [-0.4, -0.2) is 4.57 Å². The minimum Gasteiger partial charge on any atom is -0.408 e. The van der Waals surface area contributed by atoms with Crippen LogP contribution < -0.4 is 16.5 Å². The molecule has 1 rings (SSSR count). The van der Waals surface area contributed by atoms with Gasteiger partial charge >= 0.3 is 5.76 Å². The first-order valence-electron chi connectivity index (χ1n) is 4.77. The van der Waals surface area contributed by atoms with Crippen molar-refractivity contribution in [1.82, 2.24) is 4.57 Å². The van der Waals surface area contributed by atoms with E-state index in [9.17, 15) is 4.79 Å². The fraction of sp³-hybridized carbons (Fsp3) is 0.545. The molecule has 3 nitrogen and oxygen atoms in total. The van der Waals surface area contributed by atoms with Crippen molar-refractivity contribution >= 4 is 12.2 Å². The monoisotopic (exact) mass is 195 g/mol. The highest BCUT2D eigenvalue weighted by atomic mass is 16.4. The van der Waals surface area contributed by atoms with Crippen molar-refractivity contribution < 1.29 is 4.42 Å². The van der Waals surface area contributed by atoms with Gasteiger partial charge in [0.1, 0.15) is 0 Å². The minimum atomic E-state index is -0.293. The Morgan fingerprint density at radius 1 is 1.21 bits per heavy atom. The Bertz CT molecular complexity index is 483. The van der Waals surface area contributed by atoms with Crippen molar-refractivity contribution in [2.45, 2.75) is 40.2 Å². The SMILES string of the molecule is C/C=c1\oc(=O)n(C(C)(C)C)\c1=C/C. The number of nitrogens with zero attached hydrogens (tertiary/aromatic N) is 1. The molecule has 1 heterocycles. The van der Waals surface area contributed by atoms with Gasteiger partial charge in [0, 0.05) is 5.54 Å². The summed E-state index contributed by atoms with van der Waals surface area (Å²) >= 11 is 0. The molecule has 0 N–H and O–H groups in total. The molecule has 0 aliphatic heterocycles. The summed E-state index contributed by atoms with van der Waals surface area (Å²) in [5.41, 5.74) is 0.399. The summed E-state index contributed by atoms with van der Waals surface area (Å²) in [6.07, 6.45) is 3.70. The lowest BCUT2D eigenvalue weighted by Gasteiger charge is -2.18. The third-order valence-electron chi connectivity index (χ3n) is 2.08. The Balaban J connectivity index is 3.79. The molecule has 0 saturated heterocycles. The summed E-state index contributed by atoms with van der Waals surface area (Å²) < 4.78 is 6.80. The maximum Gasteiger partial charge on any atom is 0.420 e. The predicted molar refractivity (Wildman–Crippen MR) is 57.5 cm³/mol. The Morgan fingerprint density at radius 3 is 2.14 bits per heavy atom. The summed E-state index contributed by atoms with van der Waals surface area (Å²) in [5, 5.41) is 0.852. The quantitative estimate of drug-likeness (QED) is 0.613. The van der Waals surface area contributed by atoms with E-state index in [0.717, 1.165) is 5.35 Å². The van der Waals surface area contributed by atoms with E-state index in [-0.39, 0.29) is 11.3 Å². The van der Waals surface area contributed by atoms with E-state index in [0.29, 0.717) is 5.42 Å². The van der Waals surface area contributed by atoms with Crippen LogP contribution in [0.25, 0.3) is 12.2 Å². The zero-order valence-corrected chi connectivity index (χ0v) is 9.42. The van der Waals surface area contributed by atoms with Gasteiger partial charge < -0.3 is 4.42 Å². The molecular weight excluding hydrogens is 178 g/mol. The van der Waals surface area contributed by atoms with Gasteiger partial charge in [0.15, 0.2) is 5.42 Å². The number of hydrogen-bond acceptors (Lipinski definition) is 2. The maximum atomic E-state index is 11.6. The Labute approximate surface area is 83.4 Å². The van der Waals surface area contributed by atoms with E-state index in [2.05, 4.69) is 0 Å². The van der Waals surface area contributed by atoms with Crippen molar-refractivity contribution in [1.29, 1.82) is 0 Å². The molecule has 0 aromatic carbocycles. The molecule has 1 aromatic heterocycles. The van der Waals surface area contributed by atoms with Crippen molar-refractivity contribution in [3.63, 3.8) is 0 Å². The van der Waals surface area contributed by atoms with Gasteiger partial charge in [-0.2, -0.15) is 0 Å². The van der Waals surface area contributed by atoms with Crippen LogP contribution in [-0.2, 0) is 5.54 Å². The Kier molecular flexibility index (Phi) is 2.69. The molecule has 0 saturated carbocycles. The molecule has 1 aromatic rings. The van der Waals surface area contributed by atoms with E-state index in [1.807, 2.05) is 40.7 Å². The van der Waals surface area contributed by atoms with Crippen LogP contribution in [0.2, 0.25) is 0 Å². The van der Waals surface area contributed by atoms with Crippen LogP contribution in [0.3, 0.4) is 0 Å². The first kappa shape index (κ1) is 10.8. The molecule has 0 amide bonds. The second-order valence-electron chi connectivity index (χ2n) is 4.20. The van der Waals surface area contributed by atoms with Crippen LogP contribution in [0.15, 0.2) is 9.21 Å². The smallest absolute Gasteiger partial charge is 0.408 e. The summed E-state index contributed by atoms with van der Waals surface area (Å²) in [4.78, 5) is 11.6. The molecule has 0 fully saturated rings. The van der Waals surface area contributed by atoms with E-state index < -0.39 is 0 Å². The highest BCUT2D eigenvalue weighted by Crippen LogP contribution is 2.06. The van der Waals surface area contributed by atoms with E-state index in [1.54, 1.807) is 10.6 Å². The van der Waals surface area contributed by atoms with Gasteiger partial charge in [0.25, 0.3) is 0 Å². The van der Waals surface area contributed by atoms with Crippen molar-refractivity contribution in [2.24, 2.45) is 0 Å². The molecular formula is C11H17NO2. The van der Waals surface area contributed by atoms with Crippen LogP contribution >= 0.6 is 0 Å². The number of aromatic nitrogens is 1. The largest absolute Gasteiger partial charge is 0.420 e. The molecule has 0 aliphatic rings. The molecule has 14 heavy (non-hydrogen) atoms. The van der Waals surface area contributed by atoms with Crippen molar-refractivity contribution in [2.75, 3.05) is 0 Å². The van der Waals surface area contributed by atoms with Gasteiger partial charge in [-0.3, -0.25) is 4.57 Å². The highest BCUT2D eigenvalue weighted by Gasteiger charge is 2.18. The summed E-state index contributed by atoms with van der Waals surface area (Å²) in [5.74, 6) is -0.293. The third-order valence-corrected chi connectivity index (χ3v) is 2.08. The first-order chi connectivity index (χ1) is 6.41. The van der Waals surface area contributed by atoms with Crippen LogP contribution in [0.5, 0.6) is 0 Å².